The predicted molar refractivity (Wildman–Crippen MR) is 78.7 cm³/mol. The average Bonchev–Trinajstić information content (AvgIpc) is 2.82. The lowest BCUT2D eigenvalue weighted by Crippen LogP contribution is -2.09. The number of fused-ring (bicyclic) bond motifs is 1. The summed E-state index contributed by atoms with van der Waals surface area (Å²) in [6.45, 7) is 2.54. The third-order valence-electron chi connectivity index (χ3n) is 3.50. The van der Waals surface area contributed by atoms with Crippen LogP contribution in [0.4, 0.5) is 11.5 Å². The molecule has 1 aliphatic rings. The Morgan fingerprint density at radius 3 is 3.10 bits per heavy atom. The third kappa shape index (κ3) is 2.52. The Bertz CT molecular complexity index is 615. The zero-order valence-electron chi connectivity index (χ0n) is 11.5. The van der Waals surface area contributed by atoms with E-state index in [9.17, 15) is 0 Å². The van der Waals surface area contributed by atoms with E-state index < -0.39 is 0 Å². The fraction of sp³-hybridized carbons (Fsp3) is 0.333. The molecule has 0 radical (unpaired) electrons. The molecule has 0 bridgehead atoms. The molecular formula is C15H18N4O. The minimum Gasteiger partial charge on any atom is -0.478 e. The second-order valence-corrected chi connectivity index (χ2v) is 4.87. The number of nitrogens with two attached hydrogens (primary N) is 1. The van der Waals surface area contributed by atoms with Crippen molar-refractivity contribution in [1.29, 1.82) is 0 Å². The Hall–Kier alpha value is -2.30. The van der Waals surface area contributed by atoms with Crippen molar-refractivity contribution >= 4 is 11.5 Å². The Morgan fingerprint density at radius 2 is 2.25 bits per heavy atom. The fourth-order valence-electron chi connectivity index (χ4n) is 2.61. The summed E-state index contributed by atoms with van der Waals surface area (Å²) in [4.78, 5) is 8.32. The first kappa shape index (κ1) is 12.7. The van der Waals surface area contributed by atoms with Crippen molar-refractivity contribution in [2.24, 2.45) is 0 Å². The number of nitrogens with one attached hydrogen (secondary N) is 1. The number of hydrogen-bond acceptors (Lipinski definition) is 5. The summed E-state index contributed by atoms with van der Waals surface area (Å²) in [5, 5.41) is 3.44. The van der Waals surface area contributed by atoms with E-state index in [2.05, 4.69) is 27.4 Å². The molecule has 1 aliphatic carbocycles. The van der Waals surface area contributed by atoms with Crippen LogP contribution in [0.3, 0.4) is 0 Å². The highest BCUT2D eigenvalue weighted by molar-refractivity contribution is 5.50. The van der Waals surface area contributed by atoms with Gasteiger partial charge in [0.25, 0.3) is 0 Å². The van der Waals surface area contributed by atoms with Crippen LogP contribution in [0.5, 0.6) is 5.88 Å². The SMILES string of the molecule is CCOc1cc(NC2CCc3cc(N)ccc32)ncn1. The van der Waals surface area contributed by atoms with Gasteiger partial charge in [-0.25, -0.2) is 9.97 Å². The number of anilines is 2. The van der Waals surface area contributed by atoms with Gasteiger partial charge in [-0.2, -0.15) is 0 Å². The lowest BCUT2D eigenvalue weighted by Gasteiger charge is -2.15. The van der Waals surface area contributed by atoms with Crippen molar-refractivity contribution in [3.05, 3.63) is 41.7 Å². The topological polar surface area (TPSA) is 73.1 Å². The maximum Gasteiger partial charge on any atom is 0.218 e. The van der Waals surface area contributed by atoms with Crippen molar-refractivity contribution < 1.29 is 4.74 Å². The van der Waals surface area contributed by atoms with Crippen LogP contribution in [-0.4, -0.2) is 16.6 Å². The van der Waals surface area contributed by atoms with Crippen LogP contribution >= 0.6 is 0 Å². The molecule has 104 valence electrons. The van der Waals surface area contributed by atoms with Crippen LogP contribution in [-0.2, 0) is 6.42 Å². The van der Waals surface area contributed by atoms with E-state index in [-0.39, 0.29) is 6.04 Å². The van der Waals surface area contributed by atoms with Gasteiger partial charge in [-0.1, -0.05) is 6.07 Å². The smallest absolute Gasteiger partial charge is 0.218 e. The summed E-state index contributed by atoms with van der Waals surface area (Å²) in [7, 11) is 0. The molecule has 1 atom stereocenters. The molecule has 0 spiro atoms. The zero-order valence-corrected chi connectivity index (χ0v) is 11.5. The van der Waals surface area contributed by atoms with Crippen LogP contribution in [0, 0.1) is 0 Å². The number of ether oxygens (including phenoxy) is 1. The second kappa shape index (κ2) is 5.36. The lowest BCUT2D eigenvalue weighted by atomic mass is 10.1. The van der Waals surface area contributed by atoms with Crippen LogP contribution in [0.1, 0.15) is 30.5 Å². The summed E-state index contributed by atoms with van der Waals surface area (Å²) in [5.41, 5.74) is 9.27. The molecule has 0 aliphatic heterocycles. The van der Waals surface area contributed by atoms with Crippen LogP contribution < -0.4 is 15.8 Å². The summed E-state index contributed by atoms with van der Waals surface area (Å²) in [6.07, 6.45) is 3.61. The number of aryl methyl sites for hydroxylation is 1. The standard InChI is InChI=1S/C15H18N4O/c1-2-20-15-8-14(17-9-18-15)19-13-6-3-10-7-11(16)4-5-12(10)13/h4-5,7-9,13H,2-3,6,16H2,1H3,(H,17,18,19). The Kier molecular flexibility index (Phi) is 3.41. The van der Waals surface area contributed by atoms with E-state index in [4.69, 9.17) is 10.5 Å². The number of benzene rings is 1. The summed E-state index contributed by atoms with van der Waals surface area (Å²) in [6, 6.07) is 8.21. The quantitative estimate of drug-likeness (QED) is 0.835. The number of nitrogen functional groups attached to an aromatic ring is 1. The largest absolute Gasteiger partial charge is 0.478 e. The van der Waals surface area contributed by atoms with Gasteiger partial charge >= 0.3 is 0 Å². The normalized spacial score (nSPS) is 16.8. The molecule has 5 nitrogen and oxygen atoms in total. The first-order valence-electron chi connectivity index (χ1n) is 6.86. The lowest BCUT2D eigenvalue weighted by molar-refractivity contribution is 0.326. The first-order chi connectivity index (χ1) is 9.76. The number of hydrogen-bond donors (Lipinski definition) is 2. The van der Waals surface area contributed by atoms with Crippen molar-refractivity contribution in [3.63, 3.8) is 0 Å². The highest BCUT2D eigenvalue weighted by atomic mass is 16.5. The van der Waals surface area contributed by atoms with Crippen LogP contribution in [0.25, 0.3) is 0 Å². The van der Waals surface area contributed by atoms with Gasteiger partial charge in [0.2, 0.25) is 5.88 Å². The Morgan fingerprint density at radius 1 is 1.35 bits per heavy atom. The molecule has 1 aromatic heterocycles. The van der Waals surface area contributed by atoms with Gasteiger partial charge in [-0.05, 0) is 43.0 Å². The Labute approximate surface area is 118 Å². The van der Waals surface area contributed by atoms with E-state index in [0.717, 1.165) is 24.3 Å². The van der Waals surface area contributed by atoms with Gasteiger partial charge in [0.05, 0.1) is 12.6 Å². The van der Waals surface area contributed by atoms with Gasteiger partial charge in [0.1, 0.15) is 12.1 Å². The maximum atomic E-state index is 5.82. The molecule has 1 heterocycles. The van der Waals surface area contributed by atoms with Crippen LogP contribution in [0.2, 0.25) is 0 Å². The Balaban J connectivity index is 1.78. The van der Waals surface area contributed by atoms with E-state index >= 15 is 0 Å². The van der Waals surface area contributed by atoms with E-state index in [1.807, 2.05) is 19.1 Å². The molecule has 20 heavy (non-hydrogen) atoms. The highest BCUT2D eigenvalue weighted by Crippen LogP contribution is 2.34. The van der Waals surface area contributed by atoms with E-state index in [1.165, 1.54) is 17.5 Å². The van der Waals surface area contributed by atoms with Gasteiger partial charge in [-0.15, -0.1) is 0 Å². The number of rotatable bonds is 4. The molecule has 5 heteroatoms. The minimum atomic E-state index is 0.273. The van der Waals surface area contributed by atoms with Gasteiger partial charge in [0, 0.05) is 11.8 Å². The number of nitrogens with zero attached hydrogens (tertiary/aromatic N) is 2. The molecule has 0 saturated carbocycles. The van der Waals surface area contributed by atoms with Crippen LogP contribution in [0.15, 0.2) is 30.6 Å². The van der Waals surface area contributed by atoms with Gasteiger partial charge in [0.15, 0.2) is 0 Å². The monoisotopic (exact) mass is 270 g/mol. The van der Waals surface area contributed by atoms with Crippen molar-refractivity contribution in [1.82, 2.24) is 9.97 Å². The first-order valence-corrected chi connectivity index (χ1v) is 6.86. The minimum absolute atomic E-state index is 0.273. The molecule has 3 N–H and O–H groups in total. The van der Waals surface area contributed by atoms with E-state index in [0.29, 0.717) is 12.5 Å². The molecule has 2 aromatic rings. The van der Waals surface area contributed by atoms with Gasteiger partial charge < -0.3 is 15.8 Å². The molecule has 0 fully saturated rings. The fourth-order valence-corrected chi connectivity index (χ4v) is 2.61. The predicted octanol–water partition coefficient (Wildman–Crippen LogP) is 2.56. The van der Waals surface area contributed by atoms with Crippen molar-refractivity contribution in [3.8, 4) is 5.88 Å². The second-order valence-electron chi connectivity index (χ2n) is 4.87. The third-order valence-corrected chi connectivity index (χ3v) is 3.50. The number of aromatic nitrogens is 2. The summed E-state index contributed by atoms with van der Waals surface area (Å²) in [5.74, 6) is 1.39. The summed E-state index contributed by atoms with van der Waals surface area (Å²) < 4.78 is 5.39. The molecule has 0 amide bonds. The molecule has 3 rings (SSSR count). The maximum absolute atomic E-state index is 5.82. The van der Waals surface area contributed by atoms with Crippen molar-refractivity contribution in [2.45, 2.75) is 25.8 Å². The zero-order chi connectivity index (χ0) is 13.9. The molecule has 0 saturated heterocycles. The molecular weight excluding hydrogens is 252 g/mol. The van der Waals surface area contributed by atoms with Gasteiger partial charge in [-0.3, -0.25) is 0 Å². The molecule has 1 unspecified atom stereocenters. The van der Waals surface area contributed by atoms with E-state index in [1.54, 1.807) is 0 Å². The molecule has 1 aromatic carbocycles. The summed E-state index contributed by atoms with van der Waals surface area (Å²) >= 11 is 0. The average molecular weight is 270 g/mol. The van der Waals surface area contributed by atoms with Crippen molar-refractivity contribution in [2.75, 3.05) is 17.7 Å². The highest BCUT2D eigenvalue weighted by Gasteiger charge is 2.22.